The smallest absolute Gasteiger partial charge is 0.269 e. The molecule has 1 aromatic heterocycles. The Labute approximate surface area is 99.1 Å². The van der Waals surface area contributed by atoms with Crippen LogP contribution in [0.25, 0.3) is 5.69 Å². The Morgan fingerprint density at radius 2 is 2.00 bits per heavy atom. The van der Waals surface area contributed by atoms with Crippen molar-refractivity contribution in [1.82, 2.24) is 9.78 Å². The van der Waals surface area contributed by atoms with Gasteiger partial charge in [0, 0.05) is 11.3 Å². The van der Waals surface area contributed by atoms with Crippen molar-refractivity contribution in [2.75, 3.05) is 0 Å². The predicted molar refractivity (Wildman–Crippen MR) is 64.1 cm³/mol. The minimum absolute atomic E-state index is 0.432. The summed E-state index contributed by atoms with van der Waals surface area (Å²) in [6, 6.07) is 9.85. The predicted octanol–water partition coefficient (Wildman–Crippen LogP) is 1.46. The fourth-order valence-corrected chi connectivity index (χ4v) is 2.42. The van der Waals surface area contributed by atoms with E-state index in [1.807, 2.05) is 35.0 Å². The number of nitrogens with zero attached hydrogens (tertiary/aromatic N) is 2. The minimum atomic E-state index is -0.433. The number of benzene rings is 1. The first-order valence-corrected chi connectivity index (χ1v) is 5.73. The molecule has 86 valence electrons. The molecule has 0 saturated carbocycles. The summed E-state index contributed by atoms with van der Waals surface area (Å²) in [5, 5.41) is 4.34. The van der Waals surface area contributed by atoms with Gasteiger partial charge in [0.05, 0.1) is 5.69 Å². The van der Waals surface area contributed by atoms with E-state index >= 15 is 0 Å². The van der Waals surface area contributed by atoms with Gasteiger partial charge in [0.2, 0.25) is 0 Å². The molecule has 2 N–H and O–H groups in total. The highest BCUT2D eigenvalue weighted by Gasteiger charge is 2.25. The van der Waals surface area contributed by atoms with Gasteiger partial charge in [-0.25, -0.2) is 4.68 Å². The number of aromatic nitrogens is 2. The Morgan fingerprint density at radius 3 is 2.71 bits per heavy atom. The van der Waals surface area contributed by atoms with E-state index in [0.717, 1.165) is 36.2 Å². The number of hydrogen-bond acceptors (Lipinski definition) is 2. The SMILES string of the molecule is NC(=O)c1nn(-c2ccccc2)c2c1CCC2. The van der Waals surface area contributed by atoms with Gasteiger partial charge < -0.3 is 5.73 Å². The molecule has 1 amide bonds. The van der Waals surface area contributed by atoms with E-state index in [0.29, 0.717) is 5.69 Å². The molecule has 1 heterocycles. The zero-order valence-electron chi connectivity index (χ0n) is 9.39. The molecule has 0 aliphatic heterocycles. The van der Waals surface area contributed by atoms with Gasteiger partial charge in [-0.1, -0.05) is 18.2 Å². The summed E-state index contributed by atoms with van der Waals surface area (Å²) < 4.78 is 1.85. The fraction of sp³-hybridized carbons (Fsp3) is 0.231. The zero-order chi connectivity index (χ0) is 11.8. The van der Waals surface area contributed by atoms with Crippen molar-refractivity contribution in [1.29, 1.82) is 0 Å². The molecule has 0 saturated heterocycles. The van der Waals surface area contributed by atoms with Crippen LogP contribution in [0.2, 0.25) is 0 Å². The molecule has 0 atom stereocenters. The number of carbonyl (C=O) groups is 1. The second kappa shape index (κ2) is 3.73. The van der Waals surface area contributed by atoms with Crippen molar-refractivity contribution in [3.05, 3.63) is 47.3 Å². The average molecular weight is 227 g/mol. The molecule has 1 aromatic carbocycles. The molecule has 0 unspecified atom stereocenters. The van der Waals surface area contributed by atoms with Crippen LogP contribution in [0.15, 0.2) is 30.3 Å². The number of amides is 1. The molecule has 0 spiro atoms. The van der Waals surface area contributed by atoms with Gasteiger partial charge in [-0.3, -0.25) is 4.79 Å². The third-order valence-electron chi connectivity index (χ3n) is 3.16. The molecule has 1 aliphatic rings. The standard InChI is InChI=1S/C13H13N3O/c14-13(17)12-10-7-4-8-11(10)16(15-12)9-5-2-1-3-6-9/h1-3,5-6H,4,7-8H2,(H2,14,17). The van der Waals surface area contributed by atoms with Gasteiger partial charge in [0.15, 0.2) is 5.69 Å². The minimum Gasteiger partial charge on any atom is -0.364 e. The van der Waals surface area contributed by atoms with Crippen LogP contribution in [0.4, 0.5) is 0 Å². The van der Waals surface area contributed by atoms with Crippen LogP contribution in [-0.4, -0.2) is 15.7 Å². The summed E-state index contributed by atoms with van der Waals surface area (Å²) in [4.78, 5) is 11.4. The first kappa shape index (κ1) is 10.1. The van der Waals surface area contributed by atoms with Crippen molar-refractivity contribution >= 4 is 5.91 Å². The lowest BCUT2D eigenvalue weighted by atomic mass is 10.2. The molecular formula is C13H13N3O. The molecule has 4 heteroatoms. The highest BCUT2D eigenvalue weighted by molar-refractivity contribution is 5.92. The van der Waals surface area contributed by atoms with Gasteiger partial charge in [-0.05, 0) is 31.4 Å². The second-order valence-corrected chi connectivity index (χ2v) is 4.24. The summed E-state index contributed by atoms with van der Waals surface area (Å²) in [7, 11) is 0. The lowest BCUT2D eigenvalue weighted by molar-refractivity contribution is 0.0994. The Hall–Kier alpha value is -2.10. The molecule has 4 nitrogen and oxygen atoms in total. The van der Waals surface area contributed by atoms with Crippen molar-refractivity contribution in [3.63, 3.8) is 0 Å². The highest BCUT2D eigenvalue weighted by Crippen LogP contribution is 2.27. The maximum Gasteiger partial charge on any atom is 0.269 e. The first-order valence-electron chi connectivity index (χ1n) is 5.73. The number of primary amides is 1. The van der Waals surface area contributed by atoms with Crippen LogP contribution in [0, 0.1) is 0 Å². The van der Waals surface area contributed by atoms with E-state index in [2.05, 4.69) is 5.10 Å². The maximum atomic E-state index is 11.4. The van der Waals surface area contributed by atoms with Crippen LogP contribution in [-0.2, 0) is 12.8 Å². The lowest BCUT2D eigenvalue weighted by Gasteiger charge is -2.04. The van der Waals surface area contributed by atoms with Crippen LogP contribution in [0.1, 0.15) is 28.2 Å². The normalized spacial score (nSPS) is 13.6. The Morgan fingerprint density at radius 1 is 1.24 bits per heavy atom. The number of hydrogen-bond donors (Lipinski definition) is 1. The van der Waals surface area contributed by atoms with Gasteiger partial charge in [0.25, 0.3) is 5.91 Å². The monoisotopic (exact) mass is 227 g/mol. The largest absolute Gasteiger partial charge is 0.364 e. The molecular weight excluding hydrogens is 214 g/mol. The number of fused-ring (bicyclic) bond motifs is 1. The van der Waals surface area contributed by atoms with E-state index in [1.165, 1.54) is 0 Å². The highest BCUT2D eigenvalue weighted by atomic mass is 16.1. The summed E-state index contributed by atoms with van der Waals surface area (Å²) >= 11 is 0. The average Bonchev–Trinajstić information content (AvgIpc) is 2.90. The third-order valence-corrected chi connectivity index (χ3v) is 3.16. The number of nitrogens with two attached hydrogens (primary N) is 1. The van der Waals surface area contributed by atoms with Gasteiger partial charge in [-0.2, -0.15) is 5.10 Å². The lowest BCUT2D eigenvalue weighted by Crippen LogP contribution is -2.14. The van der Waals surface area contributed by atoms with Crippen molar-refractivity contribution in [2.24, 2.45) is 5.73 Å². The van der Waals surface area contributed by atoms with E-state index in [9.17, 15) is 4.79 Å². The number of para-hydroxylation sites is 1. The van der Waals surface area contributed by atoms with Crippen molar-refractivity contribution < 1.29 is 4.79 Å². The van der Waals surface area contributed by atoms with Gasteiger partial charge in [0.1, 0.15) is 0 Å². The van der Waals surface area contributed by atoms with E-state index in [1.54, 1.807) is 0 Å². The quantitative estimate of drug-likeness (QED) is 0.844. The number of carbonyl (C=O) groups excluding carboxylic acids is 1. The first-order chi connectivity index (χ1) is 8.27. The van der Waals surface area contributed by atoms with Crippen LogP contribution in [0.3, 0.4) is 0 Å². The number of rotatable bonds is 2. The molecule has 3 rings (SSSR count). The summed E-state index contributed by atoms with van der Waals surface area (Å²) in [6.45, 7) is 0. The van der Waals surface area contributed by atoms with Gasteiger partial charge >= 0.3 is 0 Å². The summed E-state index contributed by atoms with van der Waals surface area (Å²) in [6.07, 6.45) is 2.94. The van der Waals surface area contributed by atoms with E-state index in [-0.39, 0.29) is 0 Å². The molecule has 17 heavy (non-hydrogen) atoms. The molecule has 0 bridgehead atoms. The Balaban J connectivity index is 2.19. The van der Waals surface area contributed by atoms with Crippen molar-refractivity contribution in [2.45, 2.75) is 19.3 Å². The Bertz CT molecular complexity index is 572. The Kier molecular flexibility index (Phi) is 2.21. The van der Waals surface area contributed by atoms with E-state index < -0.39 is 5.91 Å². The second-order valence-electron chi connectivity index (χ2n) is 4.24. The topological polar surface area (TPSA) is 60.9 Å². The van der Waals surface area contributed by atoms with Gasteiger partial charge in [-0.15, -0.1) is 0 Å². The summed E-state index contributed by atoms with van der Waals surface area (Å²) in [5.41, 5.74) is 8.94. The van der Waals surface area contributed by atoms with Crippen LogP contribution < -0.4 is 5.73 Å². The third kappa shape index (κ3) is 1.53. The molecule has 2 aromatic rings. The summed E-state index contributed by atoms with van der Waals surface area (Å²) in [5.74, 6) is -0.433. The van der Waals surface area contributed by atoms with E-state index in [4.69, 9.17) is 5.73 Å². The van der Waals surface area contributed by atoms with Crippen LogP contribution >= 0.6 is 0 Å². The maximum absolute atomic E-state index is 11.4. The van der Waals surface area contributed by atoms with Crippen molar-refractivity contribution in [3.8, 4) is 5.69 Å². The van der Waals surface area contributed by atoms with Crippen LogP contribution in [0.5, 0.6) is 0 Å². The molecule has 0 fully saturated rings. The molecule has 0 radical (unpaired) electrons. The fourth-order valence-electron chi connectivity index (χ4n) is 2.42. The molecule has 1 aliphatic carbocycles. The zero-order valence-corrected chi connectivity index (χ0v) is 9.39.